The van der Waals surface area contributed by atoms with E-state index in [0.29, 0.717) is 32.2 Å². The van der Waals surface area contributed by atoms with Gasteiger partial charge in [0.25, 0.3) is 0 Å². The number of hydrogen-bond donors (Lipinski definition) is 1. The molecular formula is C31H41N3O7S. The van der Waals surface area contributed by atoms with Gasteiger partial charge in [-0.2, -0.15) is 0 Å². The molecule has 2 aromatic rings. The van der Waals surface area contributed by atoms with Gasteiger partial charge in [0, 0.05) is 19.1 Å². The lowest BCUT2D eigenvalue weighted by Crippen LogP contribution is -2.58. The van der Waals surface area contributed by atoms with E-state index in [2.05, 4.69) is 5.32 Å². The van der Waals surface area contributed by atoms with Crippen LogP contribution in [0.2, 0.25) is 0 Å². The number of nitrogens with one attached hydrogen (secondary N) is 1. The largest absolute Gasteiger partial charge is 0.465 e. The van der Waals surface area contributed by atoms with E-state index in [0.717, 1.165) is 17.4 Å². The number of benzene rings is 2. The Kier molecular flexibility index (Phi) is 10.7. The number of esters is 2. The first-order chi connectivity index (χ1) is 20.1. The lowest BCUT2D eigenvalue weighted by atomic mass is 9.92. The Morgan fingerprint density at radius 3 is 2.26 bits per heavy atom. The second-order valence-corrected chi connectivity index (χ2v) is 13.0. The number of hydrogen-bond acceptors (Lipinski definition) is 8. The molecule has 0 saturated carbocycles. The molecule has 0 bridgehead atoms. The molecule has 2 aromatic carbocycles. The molecule has 0 aliphatic carbocycles. The maximum Gasteiger partial charge on any atom is 0.329 e. The maximum absolute atomic E-state index is 14.1. The van der Waals surface area contributed by atoms with Crippen LogP contribution in [0, 0.1) is 5.92 Å². The lowest BCUT2D eigenvalue weighted by Gasteiger charge is -2.39. The SMILES string of the molecule is CCOC(=O)[C@@H](CCc1ccccc1)N[C@H](C)C(=O)N1[C@@H](C(=O)OCc2ccccc2)C[C@H]2CCN(S(C)(=O)=O)C[C@@H]21. The minimum absolute atomic E-state index is 0.0487. The van der Waals surface area contributed by atoms with Crippen molar-refractivity contribution in [2.75, 3.05) is 26.0 Å². The zero-order valence-corrected chi connectivity index (χ0v) is 25.3. The number of likely N-dealkylation sites (tertiary alicyclic amines) is 1. The van der Waals surface area contributed by atoms with Gasteiger partial charge in [-0.3, -0.25) is 14.9 Å². The fourth-order valence-electron chi connectivity index (χ4n) is 5.89. The zero-order valence-electron chi connectivity index (χ0n) is 24.5. The standard InChI is InChI=1S/C31H41N3O7S/c1-4-40-30(36)26(16-15-23-11-7-5-8-12-23)32-22(2)29(35)34-27(31(37)41-21-24-13-9-6-10-14-24)19-25-17-18-33(20-28(25)34)42(3,38)39/h5-14,22,25-28,32H,4,15-21H2,1-3H3/t22-,25-,26-,27-,28+/m1/s1. The quantitative estimate of drug-likeness (QED) is 0.370. The number of aryl methyl sites for hydroxylation is 1. The van der Waals surface area contributed by atoms with E-state index in [1.165, 1.54) is 9.21 Å². The zero-order chi connectivity index (χ0) is 30.3. The molecule has 1 N–H and O–H groups in total. The summed E-state index contributed by atoms with van der Waals surface area (Å²) >= 11 is 0. The van der Waals surface area contributed by atoms with Crippen LogP contribution in [0.1, 0.15) is 44.2 Å². The molecule has 10 nitrogen and oxygen atoms in total. The average Bonchev–Trinajstić information content (AvgIpc) is 3.37. The summed E-state index contributed by atoms with van der Waals surface area (Å²) in [6, 6.07) is 16.1. The smallest absolute Gasteiger partial charge is 0.329 e. The summed E-state index contributed by atoms with van der Waals surface area (Å²) in [7, 11) is -3.49. The molecule has 2 aliphatic heterocycles. The van der Waals surface area contributed by atoms with Gasteiger partial charge in [0.1, 0.15) is 18.7 Å². The summed E-state index contributed by atoms with van der Waals surface area (Å²) in [6.07, 6.45) is 3.10. The molecule has 2 fully saturated rings. The summed E-state index contributed by atoms with van der Waals surface area (Å²) in [5, 5.41) is 3.15. The van der Waals surface area contributed by atoms with E-state index in [-0.39, 0.29) is 31.6 Å². The van der Waals surface area contributed by atoms with Crippen LogP contribution in [0.3, 0.4) is 0 Å². The van der Waals surface area contributed by atoms with Gasteiger partial charge >= 0.3 is 11.9 Å². The molecule has 0 radical (unpaired) electrons. The van der Waals surface area contributed by atoms with Crippen LogP contribution in [-0.2, 0) is 46.9 Å². The van der Waals surface area contributed by atoms with Crippen molar-refractivity contribution in [3.63, 3.8) is 0 Å². The minimum Gasteiger partial charge on any atom is -0.465 e. The Morgan fingerprint density at radius 2 is 1.64 bits per heavy atom. The topological polar surface area (TPSA) is 122 Å². The number of piperidine rings is 1. The van der Waals surface area contributed by atoms with Crippen molar-refractivity contribution in [2.45, 2.75) is 70.3 Å². The molecule has 2 saturated heterocycles. The van der Waals surface area contributed by atoms with Crippen LogP contribution in [0.5, 0.6) is 0 Å². The van der Waals surface area contributed by atoms with E-state index in [1.54, 1.807) is 13.8 Å². The fraction of sp³-hybridized carbons (Fsp3) is 0.516. The first-order valence-corrected chi connectivity index (χ1v) is 16.4. The van der Waals surface area contributed by atoms with Crippen LogP contribution in [0.15, 0.2) is 60.7 Å². The van der Waals surface area contributed by atoms with Crippen molar-refractivity contribution in [2.24, 2.45) is 5.92 Å². The second-order valence-electron chi connectivity index (χ2n) is 11.0. The van der Waals surface area contributed by atoms with Gasteiger partial charge in [-0.1, -0.05) is 60.7 Å². The van der Waals surface area contributed by atoms with Gasteiger partial charge in [-0.05, 0) is 56.6 Å². The van der Waals surface area contributed by atoms with Crippen LogP contribution in [0.4, 0.5) is 0 Å². The number of carbonyl (C=O) groups excluding carboxylic acids is 3. The van der Waals surface area contributed by atoms with Crippen molar-refractivity contribution in [1.82, 2.24) is 14.5 Å². The number of ether oxygens (including phenoxy) is 2. The highest BCUT2D eigenvalue weighted by Crippen LogP contribution is 2.37. The summed E-state index contributed by atoms with van der Waals surface area (Å²) in [5.74, 6) is -1.40. The summed E-state index contributed by atoms with van der Waals surface area (Å²) in [5.41, 5.74) is 1.88. The maximum atomic E-state index is 14.1. The molecule has 11 heteroatoms. The van der Waals surface area contributed by atoms with E-state index in [1.807, 2.05) is 60.7 Å². The highest BCUT2D eigenvalue weighted by Gasteiger charge is 2.51. The Labute approximate surface area is 248 Å². The van der Waals surface area contributed by atoms with E-state index < -0.39 is 46.1 Å². The van der Waals surface area contributed by atoms with E-state index >= 15 is 0 Å². The molecular weight excluding hydrogens is 558 g/mol. The molecule has 0 aromatic heterocycles. The number of fused-ring (bicyclic) bond motifs is 1. The average molecular weight is 600 g/mol. The molecule has 5 atom stereocenters. The van der Waals surface area contributed by atoms with Gasteiger partial charge in [0.05, 0.1) is 18.9 Å². The normalized spacial score (nSPS) is 22.2. The Hall–Kier alpha value is -3.28. The number of amides is 1. The van der Waals surface area contributed by atoms with Crippen LogP contribution < -0.4 is 5.32 Å². The van der Waals surface area contributed by atoms with Crippen molar-refractivity contribution in [1.29, 1.82) is 0 Å². The Morgan fingerprint density at radius 1 is 1.00 bits per heavy atom. The lowest BCUT2D eigenvalue weighted by molar-refractivity contribution is -0.157. The first-order valence-electron chi connectivity index (χ1n) is 14.5. The highest BCUT2D eigenvalue weighted by atomic mass is 32.2. The summed E-state index contributed by atoms with van der Waals surface area (Å²) in [4.78, 5) is 41.8. The van der Waals surface area contributed by atoms with Gasteiger partial charge in [0.15, 0.2) is 0 Å². The molecule has 228 valence electrons. The first kappa shape index (κ1) is 31.7. The Bertz CT molecular complexity index is 1320. The van der Waals surface area contributed by atoms with Crippen molar-refractivity contribution < 1.29 is 32.3 Å². The Balaban J connectivity index is 1.53. The number of carbonyl (C=O) groups is 3. The molecule has 42 heavy (non-hydrogen) atoms. The van der Waals surface area contributed by atoms with Crippen LogP contribution in [0.25, 0.3) is 0 Å². The third kappa shape index (κ3) is 7.96. The van der Waals surface area contributed by atoms with E-state index in [4.69, 9.17) is 9.47 Å². The molecule has 2 heterocycles. The molecule has 0 spiro atoms. The third-order valence-electron chi connectivity index (χ3n) is 8.08. The number of nitrogens with zero attached hydrogens (tertiary/aromatic N) is 2. The molecule has 4 rings (SSSR count). The van der Waals surface area contributed by atoms with Crippen LogP contribution in [-0.4, -0.2) is 85.6 Å². The molecule has 1 amide bonds. The predicted molar refractivity (Wildman–Crippen MR) is 158 cm³/mol. The van der Waals surface area contributed by atoms with Crippen molar-refractivity contribution in [3.8, 4) is 0 Å². The molecule has 0 unspecified atom stereocenters. The monoisotopic (exact) mass is 599 g/mol. The number of sulfonamides is 1. The summed E-state index contributed by atoms with van der Waals surface area (Å²) in [6.45, 7) is 4.12. The van der Waals surface area contributed by atoms with Crippen molar-refractivity contribution in [3.05, 3.63) is 71.8 Å². The third-order valence-corrected chi connectivity index (χ3v) is 9.35. The fourth-order valence-corrected chi connectivity index (χ4v) is 6.75. The van der Waals surface area contributed by atoms with E-state index in [9.17, 15) is 22.8 Å². The number of rotatable bonds is 12. The van der Waals surface area contributed by atoms with Gasteiger partial charge in [-0.15, -0.1) is 0 Å². The van der Waals surface area contributed by atoms with Crippen LogP contribution >= 0.6 is 0 Å². The highest BCUT2D eigenvalue weighted by molar-refractivity contribution is 7.88. The second kappa shape index (κ2) is 14.3. The minimum atomic E-state index is -3.49. The predicted octanol–water partition coefficient (Wildman–Crippen LogP) is 2.52. The van der Waals surface area contributed by atoms with Gasteiger partial charge < -0.3 is 14.4 Å². The van der Waals surface area contributed by atoms with Gasteiger partial charge in [-0.25, -0.2) is 17.5 Å². The van der Waals surface area contributed by atoms with Gasteiger partial charge in [0.2, 0.25) is 15.9 Å². The van der Waals surface area contributed by atoms with Crippen molar-refractivity contribution >= 4 is 27.9 Å². The summed E-state index contributed by atoms with van der Waals surface area (Å²) < 4.78 is 37.1. The molecule has 2 aliphatic rings.